The van der Waals surface area contributed by atoms with Crippen molar-refractivity contribution in [1.82, 2.24) is 25.1 Å². The molecule has 1 amide bonds. The van der Waals surface area contributed by atoms with Crippen LogP contribution in [-0.4, -0.2) is 63.4 Å². The molecule has 1 aliphatic carbocycles. The molecule has 37 heavy (non-hydrogen) atoms. The number of hydrogen-bond donors (Lipinski definition) is 2. The van der Waals surface area contributed by atoms with Crippen LogP contribution in [0.5, 0.6) is 0 Å². The zero-order valence-electron chi connectivity index (χ0n) is 22.1. The minimum absolute atomic E-state index is 0.0622. The molecule has 1 aromatic heterocycles. The Bertz CT molecular complexity index is 1090. The van der Waals surface area contributed by atoms with Crippen molar-refractivity contribution in [3.05, 3.63) is 90.8 Å². The molecular weight excluding hydrogens is 462 g/mol. The van der Waals surface area contributed by atoms with Crippen LogP contribution < -0.4 is 5.48 Å². The number of allylic oxidation sites excluding steroid dienone is 2. The number of aromatic nitrogens is 2. The summed E-state index contributed by atoms with van der Waals surface area (Å²) in [5.41, 5.74) is 5.93. The van der Waals surface area contributed by atoms with E-state index in [2.05, 4.69) is 47.6 Å². The van der Waals surface area contributed by atoms with Gasteiger partial charge in [-0.2, -0.15) is 5.10 Å². The summed E-state index contributed by atoms with van der Waals surface area (Å²) in [5.74, 6) is 0.387. The number of nitrogens with one attached hydrogen (secondary N) is 1. The lowest BCUT2D eigenvalue weighted by molar-refractivity contribution is 0.0706. The lowest BCUT2D eigenvalue weighted by Gasteiger charge is -2.45. The lowest BCUT2D eigenvalue weighted by Crippen LogP contribution is -2.47. The van der Waals surface area contributed by atoms with Crippen LogP contribution >= 0.6 is 0 Å². The predicted molar refractivity (Wildman–Crippen MR) is 147 cm³/mol. The van der Waals surface area contributed by atoms with Crippen molar-refractivity contribution >= 4 is 5.91 Å². The Morgan fingerprint density at radius 3 is 2.46 bits per heavy atom. The summed E-state index contributed by atoms with van der Waals surface area (Å²) in [7, 11) is 0. The second-order valence-electron chi connectivity index (χ2n) is 10.9. The van der Waals surface area contributed by atoms with Crippen molar-refractivity contribution in [1.29, 1.82) is 0 Å². The smallest absolute Gasteiger partial charge is 0.274 e. The van der Waals surface area contributed by atoms with Gasteiger partial charge in [-0.05, 0) is 60.3 Å². The molecule has 1 aromatic carbocycles. The van der Waals surface area contributed by atoms with E-state index in [1.807, 2.05) is 35.3 Å². The summed E-state index contributed by atoms with van der Waals surface area (Å²) in [5, 5.41) is 13.2. The molecule has 0 bridgehead atoms. The second-order valence-corrected chi connectivity index (χ2v) is 10.9. The van der Waals surface area contributed by atoms with Crippen LogP contribution in [0.15, 0.2) is 79.7 Å². The molecule has 0 radical (unpaired) electrons. The Labute approximate surface area is 221 Å². The van der Waals surface area contributed by atoms with Crippen molar-refractivity contribution in [3.63, 3.8) is 0 Å². The Hall–Kier alpha value is -3.00. The summed E-state index contributed by atoms with van der Waals surface area (Å²) in [6.45, 7) is 22.2. The van der Waals surface area contributed by atoms with Gasteiger partial charge in [0, 0.05) is 57.2 Å². The van der Waals surface area contributed by atoms with E-state index in [9.17, 15) is 4.79 Å². The third-order valence-corrected chi connectivity index (χ3v) is 8.42. The first kappa shape index (κ1) is 27.0. The average Bonchev–Trinajstić information content (AvgIpc) is 3.43. The van der Waals surface area contributed by atoms with Gasteiger partial charge in [0.25, 0.3) is 5.91 Å². The fourth-order valence-corrected chi connectivity index (χ4v) is 5.90. The van der Waals surface area contributed by atoms with Crippen LogP contribution in [-0.2, 0) is 13.1 Å². The Balaban J connectivity index is 1.27. The highest BCUT2D eigenvalue weighted by Gasteiger charge is 2.40. The van der Waals surface area contributed by atoms with Crippen LogP contribution in [0.2, 0.25) is 0 Å². The van der Waals surface area contributed by atoms with Gasteiger partial charge < -0.3 is 0 Å². The fraction of sp³-hybridized carbons (Fsp3) is 0.467. The molecule has 2 aromatic rings. The number of benzene rings is 1. The van der Waals surface area contributed by atoms with E-state index in [0.717, 1.165) is 65.1 Å². The highest BCUT2D eigenvalue weighted by molar-refractivity contribution is 5.93. The van der Waals surface area contributed by atoms with E-state index < -0.39 is 5.91 Å². The van der Waals surface area contributed by atoms with Gasteiger partial charge in [-0.1, -0.05) is 49.4 Å². The van der Waals surface area contributed by atoms with E-state index >= 15 is 0 Å². The lowest BCUT2D eigenvalue weighted by atomic mass is 9.61. The van der Waals surface area contributed by atoms with Crippen molar-refractivity contribution in [3.8, 4) is 0 Å². The van der Waals surface area contributed by atoms with Crippen LogP contribution in [0.4, 0.5) is 0 Å². The predicted octanol–water partition coefficient (Wildman–Crippen LogP) is 4.54. The van der Waals surface area contributed by atoms with Gasteiger partial charge in [0.05, 0.1) is 6.54 Å². The van der Waals surface area contributed by atoms with E-state index in [-0.39, 0.29) is 5.41 Å². The van der Waals surface area contributed by atoms with Crippen molar-refractivity contribution in [2.24, 2.45) is 17.3 Å². The topological polar surface area (TPSA) is 73.6 Å². The monoisotopic (exact) mass is 503 g/mol. The summed E-state index contributed by atoms with van der Waals surface area (Å²) < 4.78 is 1.96. The van der Waals surface area contributed by atoms with Gasteiger partial charge in [0.2, 0.25) is 0 Å². The van der Waals surface area contributed by atoms with Gasteiger partial charge in [0.1, 0.15) is 0 Å². The van der Waals surface area contributed by atoms with Crippen molar-refractivity contribution in [2.45, 2.75) is 39.3 Å². The highest BCUT2D eigenvalue weighted by atomic mass is 16.5. The quantitative estimate of drug-likeness (QED) is 0.283. The first-order valence-corrected chi connectivity index (χ1v) is 13.3. The summed E-state index contributed by atoms with van der Waals surface area (Å²) in [6, 6.07) is 9.37. The maximum atomic E-state index is 11.5. The second kappa shape index (κ2) is 12.0. The Morgan fingerprint density at radius 2 is 1.84 bits per heavy atom. The molecule has 3 atom stereocenters. The number of rotatable bonds is 10. The molecule has 1 saturated carbocycles. The number of hydrogen-bond acceptors (Lipinski definition) is 5. The number of nitrogens with zero attached hydrogens (tertiary/aromatic N) is 4. The first-order chi connectivity index (χ1) is 17.8. The minimum atomic E-state index is -0.485. The summed E-state index contributed by atoms with van der Waals surface area (Å²) in [6.07, 6.45) is 9.29. The van der Waals surface area contributed by atoms with Gasteiger partial charge in [0.15, 0.2) is 0 Å². The molecule has 2 fully saturated rings. The minimum Gasteiger partial charge on any atom is -0.297 e. The summed E-state index contributed by atoms with van der Waals surface area (Å²) >= 11 is 0. The maximum absolute atomic E-state index is 11.5. The van der Waals surface area contributed by atoms with Crippen molar-refractivity contribution in [2.75, 3.05) is 32.7 Å². The molecule has 7 heteroatoms. The molecule has 1 saturated heterocycles. The molecule has 2 heterocycles. The van der Waals surface area contributed by atoms with Crippen LogP contribution in [0.25, 0.3) is 0 Å². The molecule has 2 aliphatic rings. The standard InChI is InChI=1S/C30H41N5O2/c1-5-30(4)12-11-27(19-28(30)24(3)21-35-14-6-13-31-35)23(2)20-33-15-17-34(18-16-33)22-25-7-9-26(10-8-25)29(36)32-37/h5-10,13-14,27-28,37H,1-3,11-12,15-22H2,4H3,(H,32,36)/t27-,28+,30-/m1/s1. The molecule has 0 unspecified atom stereocenters. The van der Waals surface area contributed by atoms with E-state index in [0.29, 0.717) is 17.4 Å². The van der Waals surface area contributed by atoms with Gasteiger partial charge in [-0.3, -0.25) is 24.5 Å². The Kier molecular flexibility index (Phi) is 8.79. The van der Waals surface area contributed by atoms with Crippen molar-refractivity contribution < 1.29 is 10.0 Å². The zero-order valence-corrected chi connectivity index (χ0v) is 22.1. The average molecular weight is 504 g/mol. The fourth-order valence-electron chi connectivity index (χ4n) is 5.90. The number of hydroxylamine groups is 1. The highest BCUT2D eigenvalue weighted by Crippen LogP contribution is 2.49. The molecule has 1 aliphatic heterocycles. The third-order valence-electron chi connectivity index (χ3n) is 8.42. The Morgan fingerprint density at radius 1 is 1.14 bits per heavy atom. The van der Waals surface area contributed by atoms with E-state index in [1.54, 1.807) is 17.6 Å². The molecule has 0 spiro atoms. The zero-order chi connectivity index (χ0) is 26.4. The molecule has 2 N–H and O–H groups in total. The SMILES string of the molecule is C=C[C@]1(C)CC[C@@H](C(=C)CN2CCN(Cc3ccc(C(=O)NO)cc3)CC2)C[C@H]1C(=C)Cn1cccn1. The number of amides is 1. The number of piperazine rings is 1. The largest absolute Gasteiger partial charge is 0.297 e. The molecule has 198 valence electrons. The van der Waals surface area contributed by atoms with Crippen LogP contribution in [0.1, 0.15) is 42.1 Å². The normalized spacial score (nSPS) is 24.9. The van der Waals surface area contributed by atoms with E-state index in [4.69, 9.17) is 5.21 Å². The molecule has 4 rings (SSSR count). The van der Waals surface area contributed by atoms with Crippen LogP contribution in [0.3, 0.4) is 0 Å². The number of carbonyl (C=O) groups is 1. The molecule has 7 nitrogen and oxygen atoms in total. The third kappa shape index (κ3) is 6.66. The maximum Gasteiger partial charge on any atom is 0.274 e. The van der Waals surface area contributed by atoms with Gasteiger partial charge >= 0.3 is 0 Å². The van der Waals surface area contributed by atoms with Gasteiger partial charge in [-0.15, -0.1) is 6.58 Å². The van der Waals surface area contributed by atoms with Gasteiger partial charge in [-0.25, -0.2) is 5.48 Å². The van der Waals surface area contributed by atoms with Crippen LogP contribution in [0, 0.1) is 17.3 Å². The number of carbonyl (C=O) groups excluding carboxylic acids is 1. The first-order valence-electron chi connectivity index (χ1n) is 13.3. The molecular formula is C30H41N5O2. The summed E-state index contributed by atoms with van der Waals surface area (Å²) in [4.78, 5) is 16.5. The van der Waals surface area contributed by atoms with E-state index in [1.165, 1.54) is 16.7 Å².